The molecule has 1 aliphatic rings. The number of nitrogens with one attached hydrogen (secondary N) is 1. The highest BCUT2D eigenvalue weighted by Crippen LogP contribution is 2.31. The van der Waals surface area contributed by atoms with E-state index in [1.165, 1.54) is 17.0 Å². The van der Waals surface area contributed by atoms with Gasteiger partial charge in [0.2, 0.25) is 5.91 Å². The summed E-state index contributed by atoms with van der Waals surface area (Å²) in [6.07, 6.45) is -4.34. The zero-order valence-corrected chi connectivity index (χ0v) is 16.8. The first-order valence-corrected chi connectivity index (χ1v) is 10.5. The molecule has 0 atom stereocenters. The number of hydrogen-bond acceptors (Lipinski definition) is 4. The van der Waals surface area contributed by atoms with Crippen molar-refractivity contribution in [2.45, 2.75) is 11.1 Å². The van der Waals surface area contributed by atoms with Gasteiger partial charge in [0, 0.05) is 49.1 Å². The van der Waals surface area contributed by atoms with Crippen molar-refractivity contribution in [2.75, 3.05) is 49.9 Å². The van der Waals surface area contributed by atoms with E-state index in [1.54, 1.807) is 17.8 Å². The van der Waals surface area contributed by atoms with E-state index >= 15 is 0 Å². The van der Waals surface area contributed by atoms with E-state index in [0.29, 0.717) is 45.0 Å². The van der Waals surface area contributed by atoms with Gasteiger partial charge in [0.1, 0.15) is 0 Å². The predicted molar refractivity (Wildman–Crippen MR) is 110 cm³/mol. The normalized spacial score (nSPS) is 15.3. The highest BCUT2D eigenvalue weighted by atomic mass is 32.2. The van der Waals surface area contributed by atoms with Gasteiger partial charge in [0.25, 0.3) is 0 Å². The Bertz CT molecular complexity index is 793. The van der Waals surface area contributed by atoms with Gasteiger partial charge in [-0.05, 0) is 30.3 Å². The van der Waals surface area contributed by atoms with E-state index in [2.05, 4.69) is 5.32 Å². The number of carbonyl (C=O) groups is 1. The minimum atomic E-state index is -4.34. The number of carbonyl (C=O) groups excluding carboxylic acids is 1. The van der Waals surface area contributed by atoms with Crippen molar-refractivity contribution in [3.05, 3.63) is 60.2 Å². The second kappa shape index (κ2) is 10.0. The largest absolute Gasteiger partial charge is 0.416 e. The number of alkyl halides is 3. The van der Waals surface area contributed by atoms with E-state index in [4.69, 9.17) is 0 Å². The standard InChI is InChI=1S/C21H24F3N3OS/c22-21(23,24)17-5-4-6-18(15-17)27-12-10-26(11-13-27)16-20(28)25-9-14-29-19-7-2-1-3-8-19/h1-8,15H,9-14,16H2,(H,25,28). The van der Waals surface area contributed by atoms with Crippen LogP contribution in [0, 0.1) is 0 Å². The summed E-state index contributed by atoms with van der Waals surface area (Å²) in [5.41, 5.74) is -0.0629. The van der Waals surface area contributed by atoms with Crippen molar-refractivity contribution in [3.8, 4) is 0 Å². The van der Waals surface area contributed by atoms with Crippen molar-refractivity contribution < 1.29 is 18.0 Å². The van der Waals surface area contributed by atoms with Crippen LogP contribution in [0.2, 0.25) is 0 Å². The maximum Gasteiger partial charge on any atom is 0.416 e. The van der Waals surface area contributed by atoms with Gasteiger partial charge in [-0.1, -0.05) is 24.3 Å². The molecule has 1 saturated heterocycles. The topological polar surface area (TPSA) is 35.6 Å². The summed E-state index contributed by atoms with van der Waals surface area (Å²) in [7, 11) is 0. The quantitative estimate of drug-likeness (QED) is 0.544. The molecule has 0 spiro atoms. The van der Waals surface area contributed by atoms with Crippen LogP contribution >= 0.6 is 11.8 Å². The fourth-order valence-electron chi connectivity index (χ4n) is 3.18. The molecule has 8 heteroatoms. The number of amides is 1. The molecule has 2 aromatic rings. The van der Waals surface area contributed by atoms with Crippen molar-refractivity contribution in [1.29, 1.82) is 0 Å². The summed E-state index contributed by atoms with van der Waals surface area (Å²) in [5, 5.41) is 2.93. The smallest absolute Gasteiger partial charge is 0.369 e. The van der Waals surface area contributed by atoms with Gasteiger partial charge in [-0.25, -0.2) is 0 Å². The number of halogens is 3. The monoisotopic (exact) mass is 423 g/mol. The van der Waals surface area contributed by atoms with Crippen LogP contribution in [0.4, 0.5) is 18.9 Å². The molecule has 1 heterocycles. The van der Waals surface area contributed by atoms with E-state index in [0.717, 1.165) is 11.8 Å². The van der Waals surface area contributed by atoms with Crippen molar-refractivity contribution >= 4 is 23.4 Å². The van der Waals surface area contributed by atoms with Crippen molar-refractivity contribution in [2.24, 2.45) is 0 Å². The lowest BCUT2D eigenvalue weighted by molar-refractivity contribution is -0.137. The summed E-state index contributed by atoms with van der Waals surface area (Å²) in [6, 6.07) is 15.4. The summed E-state index contributed by atoms with van der Waals surface area (Å²) in [6.45, 7) is 3.39. The van der Waals surface area contributed by atoms with E-state index in [9.17, 15) is 18.0 Å². The van der Waals surface area contributed by atoms with Crippen molar-refractivity contribution in [1.82, 2.24) is 10.2 Å². The minimum Gasteiger partial charge on any atom is -0.369 e. The molecule has 1 amide bonds. The fraction of sp³-hybridized carbons (Fsp3) is 0.381. The third-order valence-corrected chi connectivity index (χ3v) is 5.73. The molecule has 3 rings (SSSR count). The summed E-state index contributed by atoms with van der Waals surface area (Å²) in [4.78, 5) is 17.3. The molecular weight excluding hydrogens is 399 g/mol. The zero-order valence-electron chi connectivity index (χ0n) is 16.0. The van der Waals surface area contributed by atoms with Crippen LogP contribution in [0.3, 0.4) is 0 Å². The van der Waals surface area contributed by atoms with Crippen LogP contribution < -0.4 is 10.2 Å². The summed E-state index contributed by atoms with van der Waals surface area (Å²) < 4.78 is 38.7. The Kier molecular flexibility index (Phi) is 7.44. The molecule has 1 aliphatic heterocycles. The summed E-state index contributed by atoms with van der Waals surface area (Å²) >= 11 is 1.69. The highest BCUT2D eigenvalue weighted by Gasteiger charge is 2.31. The maximum atomic E-state index is 12.9. The lowest BCUT2D eigenvalue weighted by atomic mass is 10.1. The van der Waals surface area contributed by atoms with Crippen LogP contribution in [0.25, 0.3) is 0 Å². The molecule has 0 aliphatic carbocycles. The molecular formula is C21H24F3N3OS. The Morgan fingerprint density at radius 1 is 1.00 bits per heavy atom. The molecule has 29 heavy (non-hydrogen) atoms. The molecule has 1 fully saturated rings. The number of thioether (sulfide) groups is 1. The molecule has 0 unspecified atom stereocenters. The van der Waals surface area contributed by atoms with Crippen LogP contribution in [0.1, 0.15) is 5.56 Å². The van der Waals surface area contributed by atoms with E-state index in [-0.39, 0.29) is 5.91 Å². The third kappa shape index (κ3) is 6.68. The maximum absolute atomic E-state index is 12.9. The van der Waals surface area contributed by atoms with Gasteiger partial charge in [-0.15, -0.1) is 11.8 Å². The first-order valence-electron chi connectivity index (χ1n) is 9.51. The average Bonchev–Trinajstić information content (AvgIpc) is 2.72. The Morgan fingerprint density at radius 3 is 2.41 bits per heavy atom. The number of rotatable bonds is 7. The molecule has 0 saturated carbocycles. The number of anilines is 1. The predicted octanol–water partition coefficient (Wildman–Crippen LogP) is 3.74. The molecule has 0 radical (unpaired) electrons. The molecule has 4 nitrogen and oxygen atoms in total. The van der Waals surface area contributed by atoms with Crippen LogP contribution in [0.5, 0.6) is 0 Å². The number of hydrogen-bond donors (Lipinski definition) is 1. The Morgan fingerprint density at radius 2 is 1.72 bits per heavy atom. The highest BCUT2D eigenvalue weighted by molar-refractivity contribution is 7.99. The molecule has 156 valence electrons. The Labute approximate surface area is 173 Å². The second-order valence-corrected chi connectivity index (χ2v) is 7.99. The Hall–Kier alpha value is -2.19. The molecule has 2 aromatic carbocycles. The average molecular weight is 424 g/mol. The van der Waals surface area contributed by atoms with Gasteiger partial charge < -0.3 is 10.2 Å². The van der Waals surface area contributed by atoms with Gasteiger partial charge in [-0.2, -0.15) is 13.2 Å². The van der Waals surface area contributed by atoms with Gasteiger partial charge in [0.15, 0.2) is 0 Å². The van der Waals surface area contributed by atoms with Gasteiger partial charge in [0.05, 0.1) is 12.1 Å². The molecule has 0 aromatic heterocycles. The van der Waals surface area contributed by atoms with Gasteiger partial charge in [-0.3, -0.25) is 9.69 Å². The van der Waals surface area contributed by atoms with Gasteiger partial charge >= 0.3 is 6.18 Å². The van der Waals surface area contributed by atoms with E-state index in [1.807, 2.05) is 40.1 Å². The van der Waals surface area contributed by atoms with Crippen LogP contribution in [-0.2, 0) is 11.0 Å². The van der Waals surface area contributed by atoms with Crippen molar-refractivity contribution in [3.63, 3.8) is 0 Å². The number of nitrogens with zero attached hydrogens (tertiary/aromatic N) is 2. The zero-order chi connectivity index (χ0) is 20.7. The first-order chi connectivity index (χ1) is 13.9. The van der Waals surface area contributed by atoms with Crippen LogP contribution in [-0.4, -0.2) is 55.8 Å². The Balaban J connectivity index is 1.38. The second-order valence-electron chi connectivity index (χ2n) is 6.82. The lowest BCUT2D eigenvalue weighted by Gasteiger charge is -2.36. The fourth-order valence-corrected chi connectivity index (χ4v) is 3.97. The first kappa shape index (κ1) is 21.5. The lowest BCUT2D eigenvalue weighted by Crippen LogP contribution is -2.49. The molecule has 1 N–H and O–H groups in total. The third-order valence-electron chi connectivity index (χ3n) is 4.71. The SMILES string of the molecule is O=C(CN1CCN(c2cccc(C(F)(F)F)c2)CC1)NCCSc1ccccc1. The van der Waals surface area contributed by atoms with E-state index < -0.39 is 11.7 Å². The molecule has 0 bridgehead atoms. The minimum absolute atomic E-state index is 0.0221. The number of piperazine rings is 1. The van der Waals surface area contributed by atoms with Crippen LogP contribution in [0.15, 0.2) is 59.5 Å². The summed E-state index contributed by atoms with van der Waals surface area (Å²) in [5.74, 6) is 0.783. The number of benzene rings is 2.